The lowest BCUT2D eigenvalue weighted by Gasteiger charge is -2.10. The highest BCUT2D eigenvalue weighted by molar-refractivity contribution is 14.1. The summed E-state index contributed by atoms with van der Waals surface area (Å²) in [5.74, 6) is -0.293. The van der Waals surface area contributed by atoms with Crippen molar-refractivity contribution < 1.29 is 4.79 Å². The minimum absolute atomic E-state index is 0.293. The molecule has 0 radical (unpaired) electrons. The molecule has 1 aliphatic rings. The summed E-state index contributed by atoms with van der Waals surface area (Å²) >= 11 is 2.24. The molecule has 20 heavy (non-hydrogen) atoms. The van der Waals surface area contributed by atoms with E-state index in [1.807, 2.05) is 48.5 Å². The van der Waals surface area contributed by atoms with E-state index in [0.29, 0.717) is 0 Å². The van der Waals surface area contributed by atoms with E-state index in [0.717, 1.165) is 26.1 Å². The molecule has 2 aromatic rings. The molecule has 1 heterocycles. The third-order valence-electron chi connectivity index (χ3n) is 3.08. The van der Waals surface area contributed by atoms with Crippen molar-refractivity contribution in [3.63, 3.8) is 0 Å². The molecule has 1 amide bonds. The van der Waals surface area contributed by atoms with E-state index in [1.165, 1.54) is 0 Å². The third-order valence-corrected chi connectivity index (χ3v) is 3.75. The molecule has 5 heteroatoms. The summed E-state index contributed by atoms with van der Waals surface area (Å²) in [6.45, 7) is 0. The Balaban J connectivity index is 2.23. The zero-order valence-electron chi connectivity index (χ0n) is 10.5. The summed E-state index contributed by atoms with van der Waals surface area (Å²) in [5.41, 5.74) is 9.14. The number of fused-ring (bicyclic) bond motifs is 1. The average molecular weight is 377 g/mol. The Morgan fingerprint density at radius 3 is 2.65 bits per heavy atom. The fourth-order valence-corrected chi connectivity index (χ4v) is 2.61. The summed E-state index contributed by atoms with van der Waals surface area (Å²) in [7, 11) is 0. The van der Waals surface area contributed by atoms with Crippen molar-refractivity contribution in [1.82, 2.24) is 0 Å². The number of hydrogen-bond acceptors (Lipinski definition) is 3. The molecule has 0 saturated heterocycles. The molecule has 0 spiro atoms. The van der Waals surface area contributed by atoms with Crippen molar-refractivity contribution in [1.29, 1.82) is 0 Å². The van der Waals surface area contributed by atoms with Crippen molar-refractivity contribution in [2.45, 2.75) is 6.17 Å². The zero-order valence-corrected chi connectivity index (χ0v) is 12.7. The van der Waals surface area contributed by atoms with Crippen LogP contribution in [0.25, 0.3) is 0 Å². The first-order valence-electron chi connectivity index (χ1n) is 6.15. The maximum Gasteiger partial charge on any atom is 0.263 e. The lowest BCUT2D eigenvalue weighted by molar-refractivity contribution is -0.117. The molecule has 4 nitrogen and oxygen atoms in total. The largest absolute Gasteiger partial charge is 0.322 e. The van der Waals surface area contributed by atoms with Crippen molar-refractivity contribution >= 4 is 39.9 Å². The van der Waals surface area contributed by atoms with Crippen LogP contribution in [-0.4, -0.2) is 17.8 Å². The first-order chi connectivity index (χ1) is 9.65. The molecule has 0 bridgehead atoms. The van der Waals surface area contributed by atoms with Gasteiger partial charge in [0.1, 0.15) is 0 Å². The summed E-state index contributed by atoms with van der Waals surface area (Å²) < 4.78 is 1.08. The number of halogens is 1. The summed E-state index contributed by atoms with van der Waals surface area (Å²) in [4.78, 5) is 16.3. The fraction of sp³-hybridized carbons (Fsp3) is 0.0667. The average Bonchev–Trinajstić information content (AvgIpc) is 2.58. The molecule has 2 aromatic carbocycles. The quantitative estimate of drug-likeness (QED) is 0.750. The Morgan fingerprint density at radius 1 is 1.15 bits per heavy atom. The van der Waals surface area contributed by atoms with Gasteiger partial charge in [0.25, 0.3) is 5.91 Å². The lowest BCUT2D eigenvalue weighted by atomic mass is 10.0. The second-order valence-electron chi connectivity index (χ2n) is 4.47. The molecular formula is C15H12IN3O. The Hall–Kier alpha value is -1.73. The second kappa shape index (κ2) is 5.34. The molecule has 100 valence electrons. The van der Waals surface area contributed by atoms with Gasteiger partial charge in [0.15, 0.2) is 6.17 Å². The lowest BCUT2D eigenvalue weighted by Crippen LogP contribution is -2.33. The SMILES string of the molecule is NC1N=C(c2ccccc2)c2cc(I)ccc2NC1=O. The van der Waals surface area contributed by atoms with Crippen LogP contribution in [0.5, 0.6) is 0 Å². The molecule has 0 fully saturated rings. The van der Waals surface area contributed by atoms with Gasteiger partial charge in [-0.25, -0.2) is 0 Å². The van der Waals surface area contributed by atoms with Gasteiger partial charge in [-0.1, -0.05) is 30.3 Å². The number of benzene rings is 2. The van der Waals surface area contributed by atoms with Crippen LogP contribution in [-0.2, 0) is 4.79 Å². The number of rotatable bonds is 1. The van der Waals surface area contributed by atoms with Crippen LogP contribution in [0, 0.1) is 3.57 Å². The molecule has 0 aromatic heterocycles. The van der Waals surface area contributed by atoms with E-state index >= 15 is 0 Å². The molecule has 3 rings (SSSR count). The van der Waals surface area contributed by atoms with Crippen LogP contribution in [0.1, 0.15) is 11.1 Å². The highest BCUT2D eigenvalue weighted by atomic mass is 127. The van der Waals surface area contributed by atoms with Gasteiger partial charge < -0.3 is 11.1 Å². The number of hydrogen-bond donors (Lipinski definition) is 2. The number of carbonyl (C=O) groups excluding carboxylic acids is 1. The maximum atomic E-state index is 11.9. The number of benzodiazepines with no additional fused rings is 1. The smallest absolute Gasteiger partial charge is 0.263 e. The topological polar surface area (TPSA) is 67.5 Å². The minimum Gasteiger partial charge on any atom is -0.322 e. The van der Waals surface area contributed by atoms with Gasteiger partial charge in [-0.3, -0.25) is 9.79 Å². The van der Waals surface area contributed by atoms with E-state index in [9.17, 15) is 4.79 Å². The molecule has 0 aliphatic carbocycles. The Morgan fingerprint density at radius 2 is 1.90 bits per heavy atom. The van der Waals surface area contributed by atoms with E-state index in [1.54, 1.807) is 0 Å². The van der Waals surface area contributed by atoms with Crippen molar-refractivity contribution in [2.75, 3.05) is 5.32 Å². The van der Waals surface area contributed by atoms with Crippen LogP contribution >= 0.6 is 22.6 Å². The first-order valence-corrected chi connectivity index (χ1v) is 7.22. The summed E-state index contributed by atoms with van der Waals surface area (Å²) in [5, 5.41) is 2.82. The molecule has 1 unspecified atom stereocenters. The molecular weight excluding hydrogens is 365 g/mol. The number of nitrogens with two attached hydrogens (primary N) is 1. The number of aliphatic imine (C=N–C) groups is 1. The Bertz CT molecular complexity index is 698. The standard InChI is InChI=1S/C15H12IN3O/c16-10-6-7-12-11(8-10)13(9-4-2-1-3-5-9)19-14(17)15(20)18-12/h1-8,14H,17H2,(H,18,20). The van der Waals surface area contributed by atoms with Gasteiger partial charge >= 0.3 is 0 Å². The Labute approximate surface area is 130 Å². The third kappa shape index (κ3) is 2.46. The Kier molecular flexibility index (Phi) is 3.54. The number of nitrogens with zero attached hydrogens (tertiary/aromatic N) is 1. The zero-order chi connectivity index (χ0) is 14.1. The molecule has 3 N–H and O–H groups in total. The maximum absolute atomic E-state index is 11.9. The molecule has 1 atom stereocenters. The molecule has 0 saturated carbocycles. The van der Waals surface area contributed by atoms with Crippen LogP contribution in [0.3, 0.4) is 0 Å². The van der Waals surface area contributed by atoms with E-state index < -0.39 is 6.17 Å². The number of amides is 1. The van der Waals surface area contributed by atoms with Gasteiger partial charge in [0.05, 0.1) is 11.4 Å². The van der Waals surface area contributed by atoms with Crippen LogP contribution in [0.4, 0.5) is 5.69 Å². The summed E-state index contributed by atoms with van der Waals surface area (Å²) in [6, 6.07) is 15.6. The highest BCUT2D eigenvalue weighted by Gasteiger charge is 2.23. The van der Waals surface area contributed by atoms with Crippen molar-refractivity contribution in [3.8, 4) is 0 Å². The fourth-order valence-electron chi connectivity index (χ4n) is 2.12. The first kappa shape index (κ1) is 13.3. The van der Waals surface area contributed by atoms with Gasteiger partial charge in [-0.2, -0.15) is 0 Å². The van der Waals surface area contributed by atoms with Gasteiger partial charge in [-0.15, -0.1) is 0 Å². The number of carbonyl (C=O) groups is 1. The van der Waals surface area contributed by atoms with E-state index in [-0.39, 0.29) is 5.91 Å². The van der Waals surface area contributed by atoms with Gasteiger partial charge in [0, 0.05) is 14.7 Å². The van der Waals surface area contributed by atoms with Crippen molar-refractivity contribution in [3.05, 3.63) is 63.2 Å². The molecule has 1 aliphatic heterocycles. The summed E-state index contributed by atoms with van der Waals surface area (Å²) in [6.07, 6.45) is -0.893. The van der Waals surface area contributed by atoms with Crippen molar-refractivity contribution in [2.24, 2.45) is 10.7 Å². The number of anilines is 1. The predicted molar refractivity (Wildman–Crippen MR) is 87.8 cm³/mol. The number of nitrogens with one attached hydrogen (secondary N) is 1. The second-order valence-corrected chi connectivity index (χ2v) is 5.71. The highest BCUT2D eigenvalue weighted by Crippen LogP contribution is 2.25. The normalized spacial score (nSPS) is 17.8. The van der Waals surface area contributed by atoms with Crippen LogP contribution in [0.15, 0.2) is 53.5 Å². The van der Waals surface area contributed by atoms with E-state index in [4.69, 9.17) is 5.73 Å². The van der Waals surface area contributed by atoms with Crippen LogP contribution < -0.4 is 11.1 Å². The predicted octanol–water partition coefficient (Wildman–Crippen LogP) is 2.37. The van der Waals surface area contributed by atoms with Gasteiger partial charge in [-0.05, 0) is 40.8 Å². The van der Waals surface area contributed by atoms with Crippen LogP contribution in [0.2, 0.25) is 0 Å². The van der Waals surface area contributed by atoms with E-state index in [2.05, 4.69) is 32.9 Å². The monoisotopic (exact) mass is 377 g/mol. The van der Waals surface area contributed by atoms with Gasteiger partial charge in [0.2, 0.25) is 0 Å². The minimum atomic E-state index is -0.893.